The van der Waals surface area contributed by atoms with Crippen molar-refractivity contribution < 1.29 is 19.0 Å². The van der Waals surface area contributed by atoms with Crippen molar-refractivity contribution in [2.24, 2.45) is 5.10 Å². The molecule has 0 aliphatic carbocycles. The molecule has 0 saturated heterocycles. The van der Waals surface area contributed by atoms with Gasteiger partial charge in [0.25, 0.3) is 5.91 Å². The molecule has 0 atom stereocenters. The summed E-state index contributed by atoms with van der Waals surface area (Å²) in [6.45, 7) is 0.473. The van der Waals surface area contributed by atoms with E-state index in [-0.39, 0.29) is 5.91 Å². The average molecular weight is 692 g/mol. The highest BCUT2D eigenvalue weighted by atomic mass is 127. The minimum absolute atomic E-state index is 0.367. The van der Waals surface area contributed by atoms with Gasteiger partial charge in [-0.25, -0.2) is 5.43 Å². The third-order valence-electron chi connectivity index (χ3n) is 5.31. The molecule has 35 heavy (non-hydrogen) atoms. The molecule has 0 aromatic heterocycles. The molecule has 8 heteroatoms. The molecule has 0 saturated carbocycles. The van der Waals surface area contributed by atoms with Gasteiger partial charge in [0.1, 0.15) is 23.9 Å². The van der Waals surface area contributed by atoms with E-state index in [4.69, 9.17) is 14.2 Å². The second-order valence-corrected chi connectivity index (χ2v) is 9.83. The number of halogens is 2. The number of fused-ring (bicyclic) bond motifs is 1. The third kappa shape index (κ3) is 6.04. The van der Waals surface area contributed by atoms with Gasteiger partial charge in [0.05, 0.1) is 33.1 Å². The molecule has 178 valence electrons. The van der Waals surface area contributed by atoms with Crippen LogP contribution in [0.25, 0.3) is 10.8 Å². The molecule has 0 aliphatic rings. The lowest BCUT2D eigenvalue weighted by atomic mass is 10.1. The number of hydrazone groups is 1. The summed E-state index contributed by atoms with van der Waals surface area (Å²) in [4.78, 5) is 12.5. The molecule has 6 nitrogen and oxygen atoms in total. The van der Waals surface area contributed by atoms with E-state index >= 15 is 0 Å². The molecule has 1 amide bonds. The van der Waals surface area contributed by atoms with Gasteiger partial charge in [0.15, 0.2) is 0 Å². The number of methoxy groups -OCH3 is 2. The topological polar surface area (TPSA) is 69.2 Å². The molecule has 0 bridgehead atoms. The first-order chi connectivity index (χ1) is 17.0. The zero-order chi connectivity index (χ0) is 24.8. The normalized spacial score (nSPS) is 11.0. The Hall–Kier alpha value is -2.86. The Morgan fingerprint density at radius 2 is 1.69 bits per heavy atom. The van der Waals surface area contributed by atoms with E-state index in [2.05, 4.69) is 80.0 Å². The Morgan fingerprint density at radius 3 is 2.43 bits per heavy atom. The number of rotatable bonds is 8. The fourth-order valence-corrected chi connectivity index (χ4v) is 5.70. The summed E-state index contributed by atoms with van der Waals surface area (Å²) in [5.41, 5.74) is 4.90. The molecule has 0 unspecified atom stereocenters. The molecular weight excluding hydrogens is 670 g/mol. The highest BCUT2D eigenvalue weighted by molar-refractivity contribution is 14.1. The van der Waals surface area contributed by atoms with Crippen LogP contribution in [-0.4, -0.2) is 26.3 Å². The monoisotopic (exact) mass is 692 g/mol. The van der Waals surface area contributed by atoms with Crippen molar-refractivity contribution >= 4 is 68.1 Å². The molecule has 0 aliphatic heterocycles. The van der Waals surface area contributed by atoms with Gasteiger partial charge < -0.3 is 14.2 Å². The molecule has 4 rings (SSSR count). The van der Waals surface area contributed by atoms with Crippen molar-refractivity contribution in [1.82, 2.24) is 5.43 Å². The fourth-order valence-electron chi connectivity index (χ4n) is 3.57. The lowest BCUT2D eigenvalue weighted by Crippen LogP contribution is -2.18. The van der Waals surface area contributed by atoms with Crippen LogP contribution >= 0.6 is 45.2 Å². The molecule has 1 N–H and O–H groups in total. The fraction of sp³-hybridized carbons (Fsp3) is 0.111. The summed E-state index contributed by atoms with van der Waals surface area (Å²) in [6, 6.07) is 23.4. The predicted molar refractivity (Wildman–Crippen MR) is 155 cm³/mol. The van der Waals surface area contributed by atoms with E-state index in [1.165, 1.54) is 17.9 Å². The van der Waals surface area contributed by atoms with Gasteiger partial charge in [-0.2, -0.15) is 5.10 Å². The van der Waals surface area contributed by atoms with Crippen molar-refractivity contribution in [3.63, 3.8) is 0 Å². The summed E-state index contributed by atoms with van der Waals surface area (Å²) in [5, 5.41) is 6.50. The van der Waals surface area contributed by atoms with Crippen LogP contribution < -0.4 is 19.6 Å². The number of carbonyl (C=O) groups excluding carboxylic acids is 1. The second kappa shape index (κ2) is 11.7. The first kappa shape index (κ1) is 25.2. The second-order valence-electron chi connectivity index (χ2n) is 7.51. The summed E-state index contributed by atoms with van der Waals surface area (Å²) in [7, 11) is 3.06. The SMILES string of the molecule is COc1ccc(C(=O)N/N=C\c2cc(I)c(OCc3cccc4ccccc34)c(I)c2)c(OC)c1. The van der Waals surface area contributed by atoms with Gasteiger partial charge in [0.2, 0.25) is 0 Å². The van der Waals surface area contributed by atoms with Crippen molar-refractivity contribution in [3.05, 3.63) is 96.6 Å². The minimum Gasteiger partial charge on any atom is -0.497 e. The number of ether oxygens (including phenoxy) is 3. The van der Waals surface area contributed by atoms with Crippen LogP contribution in [0.2, 0.25) is 0 Å². The van der Waals surface area contributed by atoms with E-state index < -0.39 is 0 Å². The average Bonchev–Trinajstić information content (AvgIpc) is 2.87. The van der Waals surface area contributed by atoms with Gasteiger partial charge in [-0.15, -0.1) is 0 Å². The minimum atomic E-state index is -0.375. The van der Waals surface area contributed by atoms with Crippen LogP contribution in [0.4, 0.5) is 0 Å². The van der Waals surface area contributed by atoms with Gasteiger partial charge in [-0.05, 0) is 91.3 Å². The smallest absolute Gasteiger partial charge is 0.275 e. The first-order valence-corrected chi connectivity index (χ1v) is 12.8. The third-order valence-corrected chi connectivity index (χ3v) is 6.91. The van der Waals surface area contributed by atoms with Crippen molar-refractivity contribution in [3.8, 4) is 17.2 Å². The Balaban J connectivity index is 1.44. The number of hydrogen-bond donors (Lipinski definition) is 1. The zero-order valence-corrected chi connectivity index (χ0v) is 23.4. The molecule has 0 spiro atoms. The van der Waals surface area contributed by atoms with E-state index in [0.29, 0.717) is 23.7 Å². The molecule has 0 fully saturated rings. The van der Waals surface area contributed by atoms with E-state index in [0.717, 1.165) is 24.0 Å². The highest BCUT2D eigenvalue weighted by Crippen LogP contribution is 2.30. The molecular formula is C27H22I2N2O4. The van der Waals surface area contributed by atoms with Gasteiger partial charge in [-0.1, -0.05) is 42.5 Å². The maximum atomic E-state index is 12.5. The molecule has 4 aromatic carbocycles. The van der Waals surface area contributed by atoms with Crippen molar-refractivity contribution in [2.75, 3.05) is 14.2 Å². The van der Waals surface area contributed by atoms with E-state index in [1.54, 1.807) is 31.5 Å². The lowest BCUT2D eigenvalue weighted by Gasteiger charge is -2.13. The van der Waals surface area contributed by atoms with Crippen LogP contribution in [0.15, 0.2) is 77.9 Å². The van der Waals surface area contributed by atoms with Crippen LogP contribution in [0.1, 0.15) is 21.5 Å². The Labute approximate surface area is 230 Å². The molecule has 0 heterocycles. The Morgan fingerprint density at radius 1 is 0.943 bits per heavy atom. The van der Waals surface area contributed by atoms with E-state index in [1.807, 2.05) is 30.3 Å². The standard InChI is InChI=1S/C27H22I2N2O4/c1-33-20-10-11-22(25(14-20)34-2)27(32)31-30-15-17-12-23(28)26(24(29)13-17)35-16-19-8-5-7-18-6-3-4-9-21(18)19/h3-15H,16H2,1-2H3,(H,31,32)/b30-15-. The van der Waals surface area contributed by atoms with Crippen molar-refractivity contribution in [1.29, 1.82) is 0 Å². The molecule has 0 radical (unpaired) electrons. The largest absolute Gasteiger partial charge is 0.497 e. The van der Waals surface area contributed by atoms with Gasteiger partial charge >= 0.3 is 0 Å². The van der Waals surface area contributed by atoms with Crippen LogP contribution in [-0.2, 0) is 6.61 Å². The first-order valence-electron chi connectivity index (χ1n) is 10.6. The van der Waals surface area contributed by atoms with Crippen molar-refractivity contribution in [2.45, 2.75) is 6.61 Å². The predicted octanol–water partition coefficient (Wildman–Crippen LogP) is 6.41. The molecule has 4 aromatic rings. The van der Waals surface area contributed by atoms with Gasteiger partial charge in [-0.3, -0.25) is 4.79 Å². The number of hydrogen-bond acceptors (Lipinski definition) is 5. The van der Waals surface area contributed by atoms with Crippen LogP contribution in [0.3, 0.4) is 0 Å². The number of nitrogens with one attached hydrogen (secondary N) is 1. The van der Waals surface area contributed by atoms with Crippen LogP contribution in [0, 0.1) is 7.14 Å². The van der Waals surface area contributed by atoms with Crippen LogP contribution in [0.5, 0.6) is 17.2 Å². The summed E-state index contributed by atoms with van der Waals surface area (Å²) >= 11 is 4.51. The maximum absolute atomic E-state index is 12.5. The zero-order valence-electron chi connectivity index (χ0n) is 19.0. The summed E-state index contributed by atoms with van der Waals surface area (Å²) in [6.07, 6.45) is 1.60. The quantitative estimate of drug-likeness (QED) is 0.132. The summed E-state index contributed by atoms with van der Waals surface area (Å²) < 4.78 is 18.6. The Kier molecular flexibility index (Phi) is 8.45. The Bertz CT molecular complexity index is 1380. The summed E-state index contributed by atoms with van der Waals surface area (Å²) in [5.74, 6) is 1.46. The lowest BCUT2D eigenvalue weighted by molar-refractivity contribution is 0.0952. The van der Waals surface area contributed by atoms with E-state index in [9.17, 15) is 4.79 Å². The van der Waals surface area contributed by atoms with Gasteiger partial charge in [0, 0.05) is 6.07 Å². The number of carbonyl (C=O) groups is 1. The number of amides is 1. The highest BCUT2D eigenvalue weighted by Gasteiger charge is 2.13. The number of benzene rings is 4. The maximum Gasteiger partial charge on any atom is 0.275 e. The number of nitrogens with zero attached hydrogens (tertiary/aromatic N) is 1.